The van der Waals surface area contributed by atoms with Gasteiger partial charge in [0.1, 0.15) is 0 Å². The predicted octanol–water partition coefficient (Wildman–Crippen LogP) is 1.34. The van der Waals surface area contributed by atoms with Gasteiger partial charge in [-0.2, -0.15) is 8.42 Å². The number of hydrogen-bond acceptors (Lipinski definition) is 3. The maximum Gasteiger partial charge on any atom is 0.310 e. The van der Waals surface area contributed by atoms with Crippen molar-refractivity contribution >= 4 is 21.7 Å². The van der Waals surface area contributed by atoms with Gasteiger partial charge >= 0.3 is 10.1 Å². The van der Waals surface area contributed by atoms with Crippen LogP contribution in [0, 0.1) is 0 Å². The van der Waals surface area contributed by atoms with Crippen LogP contribution in [0.15, 0.2) is 0 Å². The highest BCUT2D eigenvalue weighted by Crippen LogP contribution is 2.25. The highest BCUT2D eigenvalue weighted by molar-refractivity contribution is 7.88. The van der Waals surface area contributed by atoms with Crippen molar-refractivity contribution in [3.05, 3.63) is 0 Å². The zero-order chi connectivity index (χ0) is 9.83. The fourth-order valence-electron chi connectivity index (χ4n) is 0.722. The minimum absolute atomic E-state index is 0.152. The molecule has 0 aromatic heterocycles. The molecule has 6 heteroatoms. The standard InChI is InChI=1S/C6H13ClO4S/c1-2-3-4-5-6(7,8)12(9,10)11/h8H,2-5H2,1H3,(H,9,10,11). The van der Waals surface area contributed by atoms with E-state index in [0.29, 0.717) is 6.42 Å². The lowest BCUT2D eigenvalue weighted by molar-refractivity contribution is 0.180. The average Bonchev–Trinajstić information content (AvgIpc) is 1.85. The minimum atomic E-state index is -4.56. The van der Waals surface area contributed by atoms with Gasteiger partial charge in [0.25, 0.3) is 4.39 Å². The number of unbranched alkanes of at least 4 members (excludes halogenated alkanes) is 2. The van der Waals surface area contributed by atoms with E-state index in [9.17, 15) is 8.42 Å². The number of rotatable bonds is 5. The van der Waals surface area contributed by atoms with Gasteiger partial charge in [-0.05, 0) is 6.42 Å². The molecule has 0 fully saturated rings. The van der Waals surface area contributed by atoms with Crippen LogP contribution in [-0.2, 0) is 10.1 Å². The first-order chi connectivity index (χ1) is 5.31. The lowest BCUT2D eigenvalue weighted by Gasteiger charge is -2.15. The van der Waals surface area contributed by atoms with Gasteiger partial charge in [-0.25, -0.2) is 0 Å². The van der Waals surface area contributed by atoms with Crippen molar-refractivity contribution in [2.45, 2.75) is 37.0 Å². The molecular formula is C6H13ClO4S. The highest BCUT2D eigenvalue weighted by Gasteiger charge is 2.37. The van der Waals surface area contributed by atoms with Gasteiger partial charge in [0.15, 0.2) is 0 Å². The Balaban J connectivity index is 4.06. The summed E-state index contributed by atoms with van der Waals surface area (Å²) in [5, 5.41) is 9.01. The average molecular weight is 217 g/mol. The summed E-state index contributed by atoms with van der Waals surface area (Å²) in [5.74, 6) is 0. The fraction of sp³-hybridized carbons (Fsp3) is 1.00. The topological polar surface area (TPSA) is 74.6 Å². The number of alkyl halides is 1. The van der Waals surface area contributed by atoms with Crippen LogP contribution in [0.2, 0.25) is 0 Å². The predicted molar refractivity (Wildman–Crippen MR) is 46.5 cm³/mol. The quantitative estimate of drug-likeness (QED) is 0.413. The molecule has 0 aromatic rings. The molecule has 2 N–H and O–H groups in total. The third kappa shape index (κ3) is 3.71. The SMILES string of the molecule is CCCCCC(O)(Cl)S(=O)(=O)O. The fourth-order valence-corrected chi connectivity index (χ4v) is 1.26. The van der Waals surface area contributed by atoms with Crippen LogP contribution in [0.5, 0.6) is 0 Å². The normalized spacial score (nSPS) is 17.3. The van der Waals surface area contributed by atoms with Crippen LogP contribution in [0.4, 0.5) is 0 Å². The Morgan fingerprint density at radius 1 is 1.42 bits per heavy atom. The third-order valence-corrected chi connectivity index (χ3v) is 3.25. The second-order valence-corrected chi connectivity index (χ2v) is 5.10. The summed E-state index contributed by atoms with van der Waals surface area (Å²) >= 11 is 5.17. The van der Waals surface area contributed by atoms with E-state index >= 15 is 0 Å². The molecule has 12 heavy (non-hydrogen) atoms. The van der Waals surface area contributed by atoms with Crippen LogP contribution in [0.1, 0.15) is 32.6 Å². The zero-order valence-electron chi connectivity index (χ0n) is 6.83. The molecule has 0 amide bonds. The molecule has 0 radical (unpaired) electrons. The van der Waals surface area contributed by atoms with Crippen molar-refractivity contribution in [1.29, 1.82) is 0 Å². The van der Waals surface area contributed by atoms with Crippen LogP contribution >= 0.6 is 11.6 Å². The van der Waals surface area contributed by atoms with Crippen molar-refractivity contribution < 1.29 is 18.1 Å². The molecule has 74 valence electrons. The summed E-state index contributed by atoms with van der Waals surface area (Å²) in [6.07, 6.45) is 1.97. The summed E-state index contributed by atoms with van der Waals surface area (Å²) in [6, 6.07) is 0. The summed E-state index contributed by atoms with van der Waals surface area (Å²) < 4.78 is 26.8. The van der Waals surface area contributed by atoms with Gasteiger partial charge in [-0.15, -0.1) is 0 Å². The Kier molecular flexibility index (Phi) is 4.47. The summed E-state index contributed by atoms with van der Waals surface area (Å²) in [7, 11) is -4.56. The monoisotopic (exact) mass is 216 g/mol. The van der Waals surface area contributed by atoms with E-state index in [1.54, 1.807) is 0 Å². The van der Waals surface area contributed by atoms with Crippen LogP contribution < -0.4 is 0 Å². The summed E-state index contributed by atoms with van der Waals surface area (Å²) in [5.41, 5.74) is 0. The van der Waals surface area contributed by atoms with Crippen molar-refractivity contribution in [3.8, 4) is 0 Å². The Hall–Kier alpha value is 0.160. The molecule has 0 bridgehead atoms. The Labute approximate surface area is 77.3 Å². The van der Waals surface area contributed by atoms with E-state index in [-0.39, 0.29) is 6.42 Å². The maximum atomic E-state index is 10.4. The van der Waals surface area contributed by atoms with Crippen molar-refractivity contribution in [1.82, 2.24) is 0 Å². The molecule has 0 heterocycles. The van der Waals surface area contributed by atoms with Gasteiger partial charge < -0.3 is 5.11 Å². The van der Waals surface area contributed by atoms with Gasteiger partial charge in [0.05, 0.1) is 0 Å². The van der Waals surface area contributed by atoms with Crippen molar-refractivity contribution in [2.24, 2.45) is 0 Å². The molecule has 0 rings (SSSR count). The number of hydrogen-bond donors (Lipinski definition) is 2. The van der Waals surface area contributed by atoms with Gasteiger partial charge in [0.2, 0.25) is 0 Å². The van der Waals surface area contributed by atoms with E-state index in [1.807, 2.05) is 6.92 Å². The van der Waals surface area contributed by atoms with Gasteiger partial charge in [-0.3, -0.25) is 4.55 Å². The largest absolute Gasteiger partial charge is 0.361 e. The number of halogens is 1. The highest BCUT2D eigenvalue weighted by atomic mass is 35.5. The molecule has 0 spiro atoms. The Morgan fingerprint density at radius 2 is 1.92 bits per heavy atom. The summed E-state index contributed by atoms with van der Waals surface area (Å²) in [6.45, 7) is 1.93. The number of aliphatic hydroxyl groups is 1. The molecule has 0 saturated carbocycles. The molecule has 0 saturated heterocycles. The van der Waals surface area contributed by atoms with Crippen LogP contribution in [-0.4, -0.2) is 22.5 Å². The maximum absolute atomic E-state index is 10.4. The van der Waals surface area contributed by atoms with E-state index in [2.05, 4.69) is 0 Å². The van der Waals surface area contributed by atoms with E-state index in [1.165, 1.54) is 0 Å². The Morgan fingerprint density at radius 3 is 2.25 bits per heavy atom. The Bertz CT molecular complexity index is 222. The van der Waals surface area contributed by atoms with Crippen LogP contribution in [0.25, 0.3) is 0 Å². The second kappa shape index (κ2) is 4.41. The van der Waals surface area contributed by atoms with E-state index < -0.39 is 14.5 Å². The van der Waals surface area contributed by atoms with Gasteiger partial charge in [-0.1, -0.05) is 31.4 Å². The molecule has 0 aromatic carbocycles. The molecule has 1 unspecified atom stereocenters. The molecule has 0 aliphatic carbocycles. The van der Waals surface area contributed by atoms with Gasteiger partial charge in [0, 0.05) is 6.42 Å². The molecule has 4 nitrogen and oxygen atoms in total. The first kappa shape index (κ1) is 12.2. The zero-order valence-corrected chi connectivity index (χ0v) is 8.40. The minimum Gasteiger partial charge on any atom is -0.361 e. The van der Waals surface area contributed by atoms with E-state index in [0.717, 1.165) is 12.8 Å². The lowest BCUT2D eigenvalue weighted by Crippen LogP contribution is -2.31. The summed E-state index contributed by atoms with van der Waals surface area (Å²) in [4.78, 5) is 0. The molecule has 0 aliphatic rings. The molecule has 1 atom stereocenters. The first-order valence-electron chi connectivity index (χ1n) is 3.69. The molecular weight excluding hydrogens is 204 g/mol. The molecule has 0 aliphatic heterocycles. The smallest absolute Gasteiger partial charge is 0.310 e. The van der Waals surface area contributed by atoms with Crippen molar-refractivity contribution in [3.63, 3.8) is 0 Å². The van der Waals surface area contributed by atoms with E-state index in [4.69, 9.17) is 21.3 Å². The lowest BCUT2D eigenvalue weighted by atomic mass is 10.2. The van der Waals surface area contributed by atoms with Crippen molar-refractivity contribution in [2.75, 3.05) is 0 Å². The second-order valence-electron chi connectivity index (χ2n) is 2.62. The third-order valence-electron chi connectivity index (χ3n) is 1.48. The first-order valence-corrected chi connectivity index (χ1v) is 5.51. The van der Waals surface area contributed by atoms with Crippen LogP contribution in [0.3, 0.4) is 0 Å².